The first kappa shape index (κ1) is 18.4. The maximum Gasteiger partial charge on any atom is 0.307 e. The van der Waals surface area contributed by atoms with Crippen molar-refractivity contribution in [3.63, 3.8) is 0 Å². The van der Waals surface area contributed by atoms with E-state index in [-0.39, 0.29) is 11.3 Å². The number of aliphatic carboxylic acids is 1. The number of carboxylic acid groups (broad SMARTS) is 1. The molecule has 0 fully saturated rings. The lowest BCUT2D eigenvalue weighted by atomic mass is 10.1. The summed E-state index contributed by atoms with van der Waals surface area (Å²) in [5.74, 6) is -0.940. The van der Waals surface area contributed by atoms with Gasteiger partial charge in [0.25, 0.3) is 0 Å². The van der Waals surface area contributed by atoms with Crippen LogP contribution in [0.15, 0.2) is 41.4 Å². The van der Waals surface area contributed by atoms with Crippen LogP contribution in [0.3, 0.4) is 0 Å². The molecule has 0 aliphatic rings. The number of halogens is 1. The molecule has 2 aromatic heterocycles. The topological polar surface area (TPSA) is 89.3 Å². The van der Waals surface area contributed by atoms with Crippen LogP contribution in [0, 0.1) is 6.92 Å². The highest BCUT2D eigenvalue weighted by atomic mass is 35.5. The summed E-state index contributed by atoms with van der Waals surface area (Å²) in [6, 6.07) is 8.24. The number of carboxylic acids is 1. The van der Waals surface area contributed by atoms with E-state index in [0.29, 0.717) is 28.2 Å². The van der Waals surface area contributed by atoms with Crippen molar-refractivity contribution in [2.45, 2.75) is 24.8 Å². The first-order valence-electron chi connectivity index (χ1n) is 7.81. The van der Waals surface area contributed by atoms with E-state index in [1.54, 1.807) is 36.5 Å². The third kappa shape index (κ3) is 3.45. The van der Waals surface area contributed by atoms with E-state index in [4.69, 9.17) is 11.6 Å². The van der Waals surface area contributed by atoms with E-state index in [0.717, 1.165) is 17.5 Å². The fourth-order valence-corrected chi connectivity index (χ4v) is 3.89. The molecule has 0 aliphatic carbocycles. The molecule has 2 heterocycles. The quantitative estimate of drug-likeness (QED) is 0.720. The van der Waals surface area contributed by atoms with Gasteiger partial charge in [-0.05, 0) is 36.2 Å². The Morgan fingerprint density at radius 3 is 2.46 bits per heavy atom. The summed E-state index contributed by atoms with van der Waals surface area (Å²) in [5, 5.41) is 10.3. The third-order valence-electron chi connectivity index (χ3n) is 4.30. The van der Waals surface area contributed by atoms with Crippen molar-refractivity contribution in [1.82, 2.24) is 9.55 Å². The zero-order valence-electron chi connectivity index (χ0n) is 14.2. The van der Waals surface area contributed by atoms with Gasteiger partial charge in [0.1, 0.15) is 5.65 Å². The van der Waals surface area contributed by atoms with Gasteiger partial charge in [-0.1, -0.05) is 23.7 Å². The van der Waals surface area contributed by atoms with E-state index in [9.17, 15) is 18.3 Å². The maximum absolute atomic E-state index is 11.6. The van der Waals surface area contributed by atoms with Crippen LogP contribution in [0.5, 0.6) is 0 Å². The molecule has 136 valence electrons. The fourth-order valence-electron chi connectivity index (χ4n) is 3.00. The lowest BCUT2D eigenvalue weighted by molar-refractivity contribution is -0.136. The maximum atomic E-state index is 11.6. The number of benzene rings is 1. The van der Waals surface area contributed by atoms with Gasteiger partial charge in [-0.2, -0.15) is 0 Å². The molecule has 0 atom stereocenters. The number of sulfone groups is 1. The van der Waals surface area contributed by atoms with Gasteiger partial charge in [-0.3, -0.25) is 4.79 Å². The summed E-state index contributed by atoms with van der Waals surface area (Å²) in [4.78, 5) is 15.9. The second-order valence-corrected chi connectivity index (χ2v) is 8.55. The van der Waals surface area contributed by atoms with Crippen molar-refractivity contribution >= 4 is 38.4 Å². The molecule has 3 rings (SSSR count). The highest BCUT2D eigenvalue weighted by Crippen LogP contribution is 2.31. The molecule has 0 saturated carbocycles. The van der Waals surface area contributed by atoms with Crippen LogP contribution in [-0.2, 0) is 27.6 Å². The van der Waals surface area contributed by atoms with Crippen molar-refractivity contribution in [3.05, 3.63) is 58.4 Å². The molecule has 0 unspecified atom stereocenters. The largest absolute Gasteiger partial charge is 0.481 e. The first-order valence-corrected chi connectivity index (χ1v) is 10.1. The van der Waals surface area contributed by atoms with Gasteiger partial charge in [-0.25, -0.2) is 13.4 Å². The molecule has 26 heavy (non-hydrogen) atoms. The van der Waals surface area contributed by atoms with Gasteiger partial charge in [0, 0.05) is 30.1 Å². The Labute approximate surface area is 156 Å². The summed E-state index contributed by atoms with van der Waals surface area (Å²) in [6.07, 6.45) is 2.60. The first-order chi connectivity index (χ1) is 12.2. The van der Waals surface area contributed by atoms with Gasteiger partial charge in [-0.15, -0.1) is 0 Å². The van der Waals surface area contributed by atoms with Crippen molar-refractivity contribution in [2.24, 2.45) is 0 Å². The fraction of sp³-hybridized carbons (Fsp3) is 0.222. The molecule has 0 radical (unpaired) electrons. The second-order valence-electron chi connectivity index (χ2n) is 6.13. The van der Waals surface area contributed by atoms with Crippen molar-refractivity contribution < 1.29 is 18.3 Å². The minimum Gasteiger partial charge on any atom is -0.481 e. The Kier molecular flexibility index (Phi) is 4.77. The molecule has 0 aliphatic heterocycles. The van der Waals surface area contributed by atoms with Crippen LogP contribution in [0.1, 0.15) is 16.8 Å². The minimum atomic E-state index is -3.25. The number of rotatable bonds is 5. The van der Waals surface area contributed by atoms with Crippen molar-refractivity contribution in [3.8, 4) is 0 Å². The van der Waals surface area contributed by atoms with Crippen LogP contribution in [-0.4, -0.2) is 35.3 Å². The molecule has 0 bridgehead atoms. The Hall–Kier alpha value is -2.38. The zero-order chi connectivity index (χ0) is 19.1. The number of nitrogens with zero attached hydrogens (tertiary/aromatic N) is 2. The number of hydrogen-bond acceptors (Lipinski definition) is 4. The summed E-state index contributed by atoms with van der Waals surface area (Å²) < 4.78 is 25.1. The van der Waals surface area contributed by atoms with Crippen LogP contribution in [0.2, 0.25) is 5.02 Å². The molecule has 0 spiro atoms. The molecule has 1 N–H and O–H groups in total. The summed E-state index contributed by atoms with van der Waals surface area (Å²) in [5.41, 5.74) is 2.90. The smallest absolute Gasteiger partial charge is 0.307 e. The average molecular weight is 393 g/mol. The van der Waals surface area contributed by atoms with Crippen LogP contribution in [0.4, 0.5) is 0 Å². The van der Waals surface area contributed by atoms with Crippen LogP contribution >= 0.6 is 11.6 Å². The molecule has 1 aromatic carbocycles. The molecular weight excluding hydrogens is 376 g/mol. The minimum absolute atomic E-state index is 0.145. The van der Waals surface area contributed by atoms with E-state index in [1.165, 1.54) is 0 Å². The van der Waals surface area contributed by atoms with E-state index >= 15 is 0 Å². The highest BCUT2D eigenvalue weighted by Gasteiger charge is 2.19. The van der Waals surface area contributed by atoms with Crippen LogP contribution in [0.25, 0.3) is 11.0 Å². The molecule has 8 heteroatoms. The second kappa shape index (κ2) is 6.74. The van der Waals surface area contributed by atoms with Gasteiger partial charge in [0.15, 0.2) is 9.84 Å². The molecule has 3 aromatic rings. The zero-order valence-corrected chi connectivity index (χ0v) is 15.8. The lowest BCUT2D eigenvalue weighted by Gasteiger charge is -2.09. The Bertz CT molecular complexity index is 1100. The normalized spacial score (nSPS) is 11.8. The van der Waals surface area contributed by atoms with Crippen molar-refractivity contribution in [1.29, 1.82) is 0 Å². The van der Waals surface area contributed by atoms with E-state index in [1.807, 2.05) is 11.5 Å². The number of fused-ring (bicyclic) bond motifs is 1. The Morgan fingerprint density at radius 2 is 1.88 bits per heavy atom. The van der Waals surface area contributed by atoms with Crippen LogP contribution < -0.4 is 0 Å². The van der Waals surface area contributed by atoms with Gasteiger partial charge < -0.3 is 9.67 Å². The summed E-state index contributed by atoms with van der Waals surface area (Å²) in [6.45, 7) is 2.26. The van der Waals surface area contributed by atoms with Crippen molar-refractivity contribution in [2.75, 3.05) is 6.26 Å². The van der Waals surface area contributed by atoms with Gasteiger partial charge in [0.05, 0.1) is 16.3 Å². The molecular formula is C18H17ClN2O4S. The highest BCUT2D eigenvalue weighted by molar-refractivity contribution is 7.90. The van der Waals surface area contributed by atoms with Gasteiger partial charge >= 0.3 is 5.97 Å². The van der Waals surface area contributed by atoms with E-state index in [2.05, 4.69) is 4.98 Å². The Balaban J connectivity index is 2.09. The molecule has 0 amide bonds. The predicted molar refractivity (Wildman–Crippen MR) is 99.5 cm³/mol. The Morgan fingerprint density at radius 1 is 1.23 bits per heavy atom. The number of aromatic nitrogens is 2. The summed E-state index contributed by atoms with van der Waals surface area (Å²) in [7, 11) is -3.25. The number of pyridine rings is 1. The average Bonchev–Trinajstić information content (AvgIpc) is 2.81. The molecule has 6 nitrogen and oxygen atoms in total. The van der Waals surface area contributed by atoms with E-state index < -0.39 is 15.8 Å². The van der Waals surface area contributed by atoms with Gasteiger partial charge in [0.2, 0.25) is 0 Å². The predicted octanol–water partition coefficient (Wildman–Crippen LogP) is 3.08. The third-order valence-corrected chi connectivity index (χ3v) is 5.74. The molecule has 0 saturated heterocycles. The number of hydrogen-bond donors (Lipinski definition) is 1. The standard InChI is InChI=1S/C18H17ClN2O4S/c1-11-14(9-16(22)23)17-15(19)7-8-20-18(17)21(11)10-12-3-5-13(6-4-12)26(2,24)25/h3-8H,9-10H2,1-2H3,(H,22,23). The summed E-state index contributed by atoms with van der Waals surface area (Å²) >= 11 is 6.29. The number of carbonyl (C=O) groups is 1. The monoisotopic (exact) mass is 392 g/mol. The SMILES string of the molecule is Cc1c(CC(=O)O)c2c(Cl)ccnc2n1Cc1ccc(S(C)(=O)=O)cc1. The lowest BCUT2D eigenvalue weighted by Crippen LogP contribution is -2.06.